The third-order valence-corrected chi connectivity index (χ3v) is 3.77. The molecule has 0 saturated carbocycles. The normalized spacial score (nSPS) is 12.3. The van der Waals surface area contributed by atoms with Gasteiger partial charge in [-0.15, -0.1) is 0 Å². The molecule has 1 aromatic carbocycles. The van der Waals surface area contributed by atoms with Crippen molar-refractivity contribution in [2.24, 2.45) is 5.92 Å². The van der Waals surface area contributed by atoms with E-state index in [0.29, 0.717) is 23.0 Å². The van der Waals surface area contributed by atoms with Gasteiger partial charge in [0.1, 0.15) is 0 Å². The number of unbranched alkanes of at least 4 members (excludes halogenated alkanes) is 1. The number of hydrogen-bond acceptors (Lipinski definition) is 3. The summed E-state index contributed by atoms with van der Waals surface area (Å²) in [6.07, 6.45) is 4.77. The molecule has 4 nitrogen and oxygen atoms in total. The summed E-state index contributed by atoms with van der Waals surface area (Å²) in [6, 6.07) is 4.69. The number of nitrogens with zero attached hydrogens (tertiary/aromatic N) is 1. The molecule has 1 atom stereocenters. The van der Waals surface area contributed by atoms with Crippen molar-refractivity contribution in [1.29, 1.82) is 0 Å². The van der Waals surface area contributed by atoms with E-state index in [4.69, 9.17) is 11.6 Å². The van der Waals surface area contributed by atoms with E-state index in [0.717, 1.165) is 13.0 Å². The van der Waals surface area contributed by atoms with Crippen molar-refractivity contribution < 1.29 is 4.92 Å². The van der Waals surface area contributed by atoms with Crippen LogP contribution in [0, 0.1) is 16.0 Å². The molecule has 0 aliphatic heterocycles. The van der Waals surface area contributed by atoms with E-state index in [1.165, 1.54) is 25.3 Å². The van der Waals surface area contributed by atoms with Gasteiger partial charge in [0.2, 0.25) is 0 Å². The minimum Gasteiger partial charge on any atom is -0.312 e. The van der Waals surface area contributed by atoms with Crippen LogP contribution < -0.4 is 5.32 Å². The van der Waals surface area contributed by atoms with Crippen LogP contribution in [0.4, 0.5) is 5.69 Å². The van der Waals surface area contributed by atoms with Gasteiger partial charge in [-0.05, 0) is 31.0 Å². The minimum absolute atomic E-state index is 0.128. The predicted molar refractivity (Wildman–Crippen MR) is 83.1 cm³/mol. The van der Waals surface area contributed by atoms with Crippen LogP contribution in [0.1, 0.15) is 45.1 Å². The standard InChI is InChI=1S/C15H23ClN2O2/c1-3-5-6-12(4-2)10-17-11-13-9-14(16)7-8-15(13)18(19)20/h7-9,12,17H,3-6,10-11H2,1-2H3. The van der Waals surface area contributed by atoms with Gasteiger partial charge < -0.3 is 5.32 Å². The molecule has 112 valence electrons. The van der Waals surface area contributed by atoms with Crippen LogP contribution in [0.25, 0.3) is 0 Å². The summed E-state index contributed by atoms with van der Waals surface area (Å²) in [5, 5.41) is 14.8. The Morgan fingerprint density at radius 1 is 1.40 bits per heavy atom. The zero-order valence-corrected chi connectivity index (χ0v) is 12.9. The molecule has 0 heterocycles. The number of halogens is 1. The first-order valence-electron chi connectivity index (χ1n) is 7.22. The van der Waals surface area contributed by atoms with Crippen LogP contribution in [-0.4, -0.2) is 11.5 Å². The van der Waals surface area contributed by atoms with Crippen LogP contribution in [0.5, 0.6) is 0 Å². The minimum atomic E-state index is -0.359. The highest BCUT2D eigenvalue weighted by Gasteiger charge is 2.14. The van der Waals surface area contributed by atoms with Gasteiger partial charge in [-0.25, -0.2) is 0 Å². The smallest absolute Gasteiger partial charge is 0.273 e. The van der Waals surface area contributed by atoms with Gasteiger partial charge >= 0.3 is 0 Å². The molecule has 1 rings (SSSR count). The Balaban J connectivity index is 2.56. The zero-order chi connectivity index (χ0) is 15.0. The fourth-order valence-corrected chi connectivity index (χ4v) is 2.42. The van der Waals surface area contributed by atoms with Gasteiger partial charge in [0, 0.05) is 23.2 Å². The summed E-state index contributed by atoms with van der Waals surface area (Å²) < 4.78 is 0. The lowest BCUT2D eigenvalue weighted by Crippen LogP contribution is -2.22. The number of nitro groups is 1. The summed E-state index contributed by atoms with van der Waals surface area (Å²) in [6.45, 7) is 5.75. The Morgan fingerprint density at radius 3 is 2.75 bits per heavy atom. The Kier molecular flexibility index (Phi) is 7.55. The van der Waals surface area contributed by atoms with Gasteiger partial charge in [-0.2, -0.15) is 0 Å². The predicted octanol–water partition coefficient (Wildman–Crippen LogP) is 4.55. The van der Waals surface area contributed by atoms with Crippen molar-refractivity contribution in [3.05, 3.63) is 38.9 Å². The van der Waals surface area contributed by atoms with Gasteiger partial charge in [0.05, 0.1) is 4.92 Å². The third kappa shape index (κ3) is 5.47. The first kappa shape index (κ1) is 16.9. The summed E-state index contributed by atoms with van der Waals surface area (Å²) in [4.78, 5) is 10.6. The van der Waals surface area contributed by atoms with Gasteiger partial charge in [-0.3, -0.25) is 10.1 Å². The van der Waals surface area contributed by atoms with E-state index < -0.39 is 0 Å². The van der Waals surface area contributed by atoms with Crippen molar-refractivity contribution in [1.82, 2.24) is 5.32 Å². The Labute approximate surface area is 125 Å². The highest BCUT2D eigenvalue weighted by atomic mass is 35.5. The van der Waals surface area contributed by atoms with Gasteiger partial charge in [0.25, 0.3) is 5.69 Å². The lowest BCUT2D eigenvalue weighted by Gasteiger charge is -2.15. The second-order valence-corrected chi connectivity index (χ2v) is 5.51. The summed E-state index contributed by atoms with van der Waals surface area (Å²) >= 11 is 5.91. The van der Waals surface area contributed by atoms with Crippen LogP contribution >= 0.6 is 11.6 Å². The molecule has 0 aromatic heterocycles. The maximum absolute atomic E-state index is 11.0. The molecule has 0 radical (unpaired) electrons. The van der Waals surface area contributed by atoms with E-state index >= 15 is 0 Å². The van der Waals surface area contributed by atoms with Crippen molar-refractivity contribution in [3.8, 4) is 0 Å². The first-order valence-corrected chi connectivity index (χ1v) is 7.59. The third-order valence-electron chi connectivity index (χ3n) is 3.53. The number of hydrogen-bond donors (Lipinski definition) is 1. The average molecular weight is 299 g/mol. The highest BCUT2D eigenvalue weighted by Crippen LogP contribution is 2.22. The quantitative estimate of drug-likeness (QED) is 0.537. The summed E-state index contributed by atoms with van der Waals surface area (Å²) in [7, 11) is 0. The van der Waals surface area contributed by atoms with Crippen molar-refractivity contribution in [3.63, 3.8) is 0 Å². The maximum Gasteiger partial charge on any atom is 0.273 e. The summed E-state index contributed by atoms with van der Waals surface area (Å²) in [5.41, 5.74) is 0.774. The second-order valence-electron chi connectivity index (χ2n) is 5.08. The topological polar surface area (TPSA) is 55.2 Å². The zero-order valence-electron chi connectivity index (χ0n) is 12.2. The van der Waals surface area contributed by atoms with Crippen LogP contribution in [-0.2, 0) is 6.54 Å². The van der Waals surface area contributed by atoms with E-state index in [1.54, 1.807) is 12.1 Å². The number of nitro benzene ring substituents is 1. The lowest BCUT2D eigenvalue weighted by molar-refractivity contribution is -0.385. The van der Waals surface area contributed by atoms with Crippen LogP contribution in [0.15, 0.2) is 18.2 Å². The molecule has 0 amide bonds. The fraction of sp³-hybridized carbons (Fsp3) is 0.600. The number of rotatable bonds is 9. The molecule has 5 heteroatoms. The van der Waals surface area contributed by atoms with Crippen LogP contribution in [0.3, 0.4) is 0 Å². The fourth-order valence-electron chi connectivity index (χ4n) is 2.23. The van der Waals surface area contributed by atoms with Crippen LogP contribution in [0.2, 0.25) is 5.02 Å². The SMILES string of the molecule is CCCCC(CC)CNCc1cc(Cl)ccc1[N+](=O)[O-]. The van der Waals surface area contributed by atoms with Gasteiger partial charge in [0.15, 0.2) is 0 Å². The molecule has 0 bridgehead atoms. The number of nitrogens with one attached hydrogen (secondary N) is 1. The largest absolute Gasteiger partial charge is 0.312 e. The molecule has 20 heavy (non-hydrogen) atoms. The van der Waals surface area contributed by atoms with E-state index in [2.05, 4.69) is 19.2 Å². The molecule has 0 spiro atoms. The van der Waals surface area contributed by atoms with Crippen molar-refractivity contribution >= 4 is 17.3 Å². The van der Waals surface area contributed by atoms with Crippen molar-refractivity contribution in [2.75, 3.05) is 6.54 Å². The van der Waals surface area contributed by atoms with Crippen molar-refractivity contribution in [2.45, 2.75) is 46.1 Å². The molecule has 1 N–H and O–H groups in total. The maximum atomic E-state index is 11.0. The molecular weight excluding hydrogens is 276 g/mol. The first-order chi connectivity index (χ1) is 9.58. The molecule has 1 aromatic rings. The molecule has 0 fully saturated rings. The molecular formula is C15H23ClN2O2. The highest BCUT2D eigenvalue weighted by molar-refractivity contribution is 6.30. The van der Waals surface area contributed by atoms with E-state index in [-0.39, 0.29) is 10.6 Å². The molecule has 0 saturated heterocycles. The second kappa shape index (κ2) is 8.93. The molecule has 0 aliphatic carbocycles. The monoisotopic (exact) mass is 298 g/mol. The Hall–Kier alpha value is -1.13. The Bertz CT molecular complexity index is 438. The molecule has 1 unspecified atom stereocenters. The number of benzene rings is 1. The lowest BCUT2D eigenvalue weighted by atomic mass is 9.99. The summed E-state index contributed by atoms with van der Waals surface area (Å²) in [5.74, 6) is 0.633. The Morgan fingerprint density at radius 2 is 2.15 bits per heavy atom. The van der Waals surface area contributed by atoms with Gasteiger partial charge in [-0.1, -0.05) is 44.7 Å². The van der Waals surface area contributed by atoms with E-state index in [1.807, 2.05) is 0 Å². The molecule has 0 aliphatic rings. The van der Waals surface area contributed by atoms with E-state index in [9.17, 15) is 10.1 Å². The average Bonchev–Trinajstić information content (AvgIpc) is 2.42.